The minimum absolute atomic E-state index is 0.110. The van der Waals surface area contributed by atoms with E-state index >= 15 is 0 Å². The first-order valence-corrected chi connectivity index (χ1v) is 11.8. The lowest BCUT2D eigenvalue weighted by Crippen LogP contribution is -2.29. The molecular weight excluding hydrogens is 498 g/mol. The fourth-order valence-corrected chi connectivity index (χ4v) is 4.50. The van der Waals surface area contributed by atoms with E-state index in [1.54, 1.807) is 60.7 Å². The number of methoxy groups -OCH3 is 3. The van der Waals surface area contributed by atoms with Gasteiger partial charge in [0.05, 0.1) is 45.1 Å². The quantitative estimate of drug-likeness (QED) is 0.240. The number of nitrogens with zero attached hydrogens (tertiary/aromatic N) is 1. The lowest BCUT2D eigenvalue weighted by Gasteiger charge is -2.26. The Balaban J connectivity index is 1.99. The van der Waals surface area contributed by atoms with Gasteiger partial charge in [-0.3, -0.25) is 14.5 Å². The van der Waals surface area contributed by atoms with Gasteiger partial charge in [-0.2, -0.15) is 0 Å². The molecule has 1 unspecified atom stereocenters. The molecule has 3 aromatic rings. The molecule has 1 aliphatic rings. The predicted octanol–water partition coefficient (Wildman–Crippen LogP) is 5.39. The summed E-state index contributed by atoms with van der Waals surface area (Å²) in [6, 6.07) is 15.5. The Hall–Kier alpha value is -4.17. The molecule has 0 bridgehead atoms. The maximum atomic E-state index is 13.5. The minimum atomic E-state index is -0.990. The highest BCUT2D eigenvalue weighted by Crippen LogP contribution is 2.45. The molecule has 1 amide bonds. The lowest BCUT2D eigenvalue weighted by molar-refractivity contribution is -0.132. The van der Waals surface area contributed by atoms with Crippen LogP contribution in [-0.2, 0) is 9.59 Å². The number of halogens is 1. The average molecular weight is 524 g/mol. The van der Waals surface area contributed by atoms with E-state index in [0.717, 1.165) is 0 Å². The number of anilines is 1. The Kier molecular flexibility index (Phi) is 7.59. The van der Waals surface area contributed by atoms with Gasteiger partial charge in [-0.15, -0.1) is 0 Å². The number of aliphatic hydroxyl groups is 1. The molecule has 3 aromatic carbocycles. The molecule has 192 valence electrons. The van der Waals surface area contributed by atoms with Crippen molar-refractivity contribution < 1.29 is 33.6 Å². The van der Waals surface area contributed by atoms with Crippen molar-refractivity contribution >= 4 is 34.7 Å². The third-order valence-corrected chi connectivity index (χ3v) is 6.23. The highest BCUT2D eigenvalue weighted by atomic mass is 35.5. The van der Waals surface area contributed by atoms with Crippen molar-refractivity contribution in [3.63, 3.8) is 0 Å². The van der Waals surface area contributed by atoms with E-state index in [-0.39, 0.29) is 22.6 Å². The standard InChI is InChI=1S/C28H26ClNO7/c1-5-37-23-13-16(9-12-21(23)35-3)25-24(26(31)20-11-10-19(34-2)15-22(20)36-4)27(32)28(33)30(25)18-8-6-7-17(29)14-18/h6-15,25,31H,5H2,1-4H3/b26-24+. The molecule has 9 heteroatoms. The molecule has 1 aliphatic heterocycles. The van der Waals surface area contributed by atoms with E-state index in [1.807, 2.05) is 6.92 Å². The molecule has 1 saturated heterocycles. The summed E-state index contributed by atoms with van der Waals surface area (Å²) in [6.45, 7) is 2.21. The maximum Gasteiger partial charge on any atom is 0.300 e. The maximum absolute atomic E-state index is 13.5. The van der Waals surface area contributed by atoms with Crippen LogP contribution in [0, 0.1) is 0 Å². The molecule has 1 N–H and O–H groups in total. The largest absolute Gasteiger partial charge is 0.507 e. The molecule has 1 heterocycles. The number of aliphatic hydroxyl groups excluding tert-OH is 1. The molecule has 37 heavy (non-hydrogen) atoms. The van der Waals surface area contributed by atoms with E-state index in [4.69, 9.17) is 30.5 Å². The third kappa shape index (κ3) is 4.80. The van der Waals surface area contributed by atoms with Gasteiger partial charge in [-0.1, -0.05) is 23.7 Å². The first-order valence-electron chi connectivity index (χ1n) is 11.4. The molecule has 0 spiro atoms. The molecular formula is C28H26ClNO7. The van der Waals surface area contributed by atoms with Crippen molar-refractivity contribution in [2.24, 2.45) is 0 Å². The van der Waals surface area contributed by atoms with E-state index in [1.165, 1.54) is 26.2 Å². The van der Waals surface area contributed by atoms with Crippen LogP contribution >= 0.6 is 11.6 Å². The number of amides is 1. The van der Waals surface area contributed by atoms with Gasteiger partial charge in [-0.25, -0.2) is 0 Å². The summed E-state index contributed by atoms with van der Waals surface area (Å²) >= 11 is 6.22. The summed E-state index contributed by atoms with van der Waals surface area (Å²) in [7, 11) is 4.46. The Morgan fingerprint density at radius 1 is 0.919 bits per heavy atom. The number of carbonyl (C=O) groups is 2. The zero-order valence-electron chi connectivity index (χ0n) is 20.8. The summed E-state index contributed by atoms with van der Waals surface area (Å²) < 4.78 is 21.8. The number of benzene rings is 3. The molecule has 0 radical (unpaired) electrons. The van der Waals surface area contributed by atoms with Gasteiger partial charge in [0.15, 0.2) is 11.5 Å². The molecule has 4 rings (SSSR count). The van der Waals surface area contributed by atoms with Crippen LogP contribution in [0.4, 0.5) is 5.69 Å². The van der Waals surface area contributed by atoms with Crippen molar-refractivity contribution in [3.05, 3.63) is 82.4 Å². The summed E-state index contributed by atoms with van der Waals surface area (Å²) in [4.78, 5) is 28.2. The smallest absolute Gasteiger partial charge is 0.300 e. The van der Waals surface area contributed by atoms with E-state index in [0.29, 0.717) is 40.1 Å². The zero-order valence-corrected chi connectivity index (χ0v) is 21.5. The molecule has 0 saturated carbocycles. The predicted molar refractivity (Wildman–Crippen MR) is 140 cm³/mol. The molecule has 1 atom stereocenters. The minimum Gasteiger partial charge on any atom is -0.507 e. The summed E-state index contributed by atoms with van der Waals surface area (Å²) in [5.74, 6) is -0.358. The van der Waals surface area contributed by atoms with Crippen LogP contribution in [-0.4, -0.2) is 44.7 Å². The Bertz CT molecular complexity index is 1380. The topological polar surface area (TPSA) is 94.5 Å². The molecule has 0 aliphatic carbocycles. The Morgan fingerprint density at radius 3 is 2.32 bits per heavy atom. The fraction of sp³-hybridized carbons (Fsp3) is 0.214. The number of carbonyl (C=O) groups excluding carboxylic acids is 2. The van der Waals surface area contributed by atoms with Crippen LogP contribution in [0.3, 0.4) is 0 Å². The van der Waals surface area contributed by atoms with Crippen LogP contribution in [0.25, 0.3) is 5.76 Å². The van der Waals surface area contributed by atoms with E-state index in [2.05, 4.69) is 0 Å². The number of ketones is 1. The third-order valence-electron chi connectivity index (χ3n) is 6.00. The average Bonchev–Trinajstić information content (AvgIpc) is 3.18. The van der Waals surface area contributed by atoms with Crippen molar-refractivity contribution in [1.29, 1.82) is 0 Å². The first kappa shape index (κ1) is 25.9. The number of hydrogen-bond acceptors (Lipinski definition) is 7. The first-order chi connectivity index (χ1) is 17.8. The van der Waals surface area contributed by atoms with E-state index < -0.39 is 17.7 Å². The van der Waals surface area contributed by atoms with Crippen LogP contribution in [0.5, 0.6) is 23.0 Å². The number of rotatable bonds is 8. The second-order valence-corrected chi connectivity index (χ2v) is 8.49. The highest BCUT2D eigenvalue weighted by Gasteiger charge is 2.47. The zero-order chi connectivity index (χ0) is 26.7. The van der Waals surface area contributed by atoms with Crippen LogP contribution in [0.15, 0.2) is 66.2 Å². The second kappa shape index (κ2) is 10.8. The fourth-order valence-electron chi connectivity index (χ4n) is 4.31. The van der Waals surface area contributed by atoms with Crippen molar-refractivity contribution in [1.82, 2.24) is 0 Å². The lowest BCUT2D eigenvalue weighted by atomic mass is 9.94. The summed E-state index contributed by atoms with van der Waals surface area (Å²) in [6.07, 6.45) is 0. The van der Waals surface area contributed by atoms with Gasteiger partial charge in [-0.05, 0) is 55.0 Å². The van der Waals surface area contributed by atoms with Gasteiger partial charge < -0.3 is 24.1 Å². The van der Waals surface area contributed by atoms with Crippen molar-refractivity contribution in [3.8, 4) is 23.0 Å². The van der Waals surface area contributed by atoms with Crippen molar-refractivity contribution in [2.75, 3.05) is 32.8 Å². The monoisotopic (exact) mass is 523 g/mol. The SMILES string of the molecule is CCOc1cc(C2/C(=C(\O)c3ccc(OC)cc3OC)C(=O)C(=O)N2c2cccc(Cl)c2)ccc1OC. The van der Waals surface area contributed by atoms with Crippen LogP contribution < -0.4 is 23.8 Å². The Labute approximate surface area is 219 Å². The Morgan fingerprint density at radius 2 is 1.68 bits per heavy atom. The second-order valence-electron chi connectivity index (χ2n) is 8.06. The molecule has 0 aromatic heterocycles. The van der Waals surface area contributed by atoms with E-state index in [9.17, 15) is 14.7 Å². The van der Waals surface area contributed by atoms with Gasteiger partial charge in [0, 0.05) is 16.8 Å². The van der Waals surface area contributed by atoms with Gasteiger partial charge in [0.1, 0.15) is 17.3 Å². The highest BCUT2D eigenvalue weighted by molar-refractivity contribution is 6.51. The molecule has 1 fully saturated rings. The van der Waals surface area contributed by atoms with Gasteiger partial charge >= 0.3 is 0 Å². The summed E-state index contributed by atoms with van der Waals surface area (Å²) in [5, 5.41) is 11.9. The van der Waals surface area contributed by atoms with Gasteiger partial charge in [0.25, 0.3) is 11.7 Å². The number of hydrogen-bond donors (Lipinski definition) is 1. The van der Waals surface area contributed by atoms with Crippen LogP contribution in [0.2, 0.25) is 5.02 Å². The number of Topliss-reactive ketones (excluding diaryl/α,β-unsaturated/α-hetero) is 1. The van der Waals surface area contributed by atoms with Gasteiger partial charge in [0.2, 0.25) is 0 Å². The number of ether oxygens (including phenoxy) is 4. The summed E-state index contributed by atoms with van der Waals surface area (Å²) in [5.41, 5.74) is 1.04. The van der Waals surface area contributed by atoms with Crippen molar-refractivity contribution in [2.45, 2.75) is 13.0 Å². The normalized spacial score (nSPS) is 16.6. The molecule has 8 nitrogen and oxygen atoms in total. The van der Waals surface area contributed by atoms with Crippen LogP contribution in [0.1, 0.15) is 24.1 Å².